The third kappa shape index (κ3) is 2.94. The molecule has 1 atom stereocenters. The van der Waals surface area contributed by atoms with E-state index in [1.165, 1.54) is 12.1 Å². The number of halogens is 2. The Morgan fingerprint density at radius 1 is 1.69 bits per heavy atom. The van der Waals surface area contributed by atoms with E-state index in [-0.39, 0.29) is 23.0 Å². The maximum Gasteiger partial charge on any atom is 0.255 e. The second-order valence-corrected chi connectivity index (χ2v) is 3.74. The van der Waals surface area contributed by atoms with Gasteiger partial charge in [-0.2, -0.15) is 5.26 Å². The van der Waals surface area contributed by atoms with Gasteiger partial charge < -0.3 is 5.32 Å². The van der Waals surface area contributed by atoms with E-state index in [2.05, 4.69) is 5.32 Å². The standard InChI is InChI=1S/C11H10ClFN2O/c1-7(5-14)6-15-11(16)10-8(12)3-2-4-9(10)13/h2-4,7H,6H2,1H3,(H,15,16). The van der Waals surface area contributed by atoms with Gasteiger partial charge in [0.05, 0.1) is 22.6 Å². The molecule has 5 heteroatoms. The molecule has 1 rings (SSSR count). The molecule has 3 nitrogen and oxygen atoms in total. The lowest BCUT2D eigenvalue weighted by Crippen LogP contribution is -2.28. The van der Waals surface area contributed by atoms with E-state index < -0.39 is 11.7 Å². The molecule has 1 amide bonds. The van der Waals surface area contributed by atoms with E-state index in [0.29, 0.717) is 0 Å². The van der Waals surface area contributed by atoms with E-state index in [0.717, 1.165) is 6.07 Å². The van der Waals surface area contributed by atoms with Crippen LogP contribution < -0.4 is 5.32 Å². The number of nitriles is 1. The predicted octanol–water partition coefficient (Wildman–Crippen LogP) is 2.37. The van der Waals surface area contributed by atoms with Crippen LogP contribution >= 0.6 is 11.6 Å². The fraction of sp³-hybridized carbons (Fsp3) is 0.273. The highest BCUT2D eigenvalue weighted by atomic mass is 35.5. The van der Waals surface area contributed by atoms with Crippen molar-refractivity contribution in [2.75, 3.05) is 6.54 Å². The summed E-state index contributed by atoms with van der Waals surface area (Å²) >= 11 is 5.71. The van der Waals surface area contributed by atoms with Crippen molar-refractivity contribution in [3.8, 4) is 6.07 Å². The average molecular weight is 241 g/mol. The molecule has 0 aromatic heterocycles. The maximum absolute atomic E-state index is 13.3. The van der Waals surface area contributed by atoms with Crippen LogP contribution in [-0.4, -0.2) is 12.5 Å². The maximum atomic E-state index is 13.3. The Hall–Kier alpha value is -1.60. The first-order valence-electron chi connectivity index (χ1n) is 4.68. The molecule has 0 aliphatic rings. The minimum absolute atomic E-state index is 0.0575. The van der Waals surface area contributed by atoms with Crippen molar-refractivity contribution in [2.24, 2.45) is 5.92 Å². The summed E-state index contributed by atoms with van der Waals surface area (Å²) in [6.45, 7) is 1.82. The van der Waals surface area contributed by atoms with Gasteiger partial charge in [-0.05, 0) is 19.1 Å². The lowest BCUT2D eigenvalue weighted by molar-refractivity contribution is 0.0947. The van der Waals surface area contributed by atoms with Crippen LogP contribution in [0.4, 0.5) is 4.39 Å². The zero-order valence-electron chi connectivity index (χ0n) is 8.63. The summed E-state index contributed by atoms with van der Waals surface area (Å²) in [7, 11) is 0. The normalized spacial score (nSPS) is 11.6. The van der Waals surface area contributed by atoms with Crippen LogP contribution in [0.3, 0.4) is 0 Å². The minimum atomic E-state index is -0.672. The highest BCUT2D eigenvalue weighted by molar-refractivity contribution is 6.33. The molecule has 0 aliphatic heterocycles. The second-order valence-electron chi connectivity index (χ2n) is 3.34. The second kappa shape index (κ2) is 5.47. The smallest absolute Gasteiger partial charge is 0.255 e. The van der Waals surface area contributed by atoms with Crippen LogP contribution in [0.2, 0.25) is 5.02 Å². The van der Waals surface area contributed by atoms with Gasteiger partial charge in [-0.25, -0.2) is 4.39 Å². The third-order valence-corrected chi connectivity index (χ3v) is 2.29. The molecule has 0 fully saturated rings. The number of carbonyl (C=O) groups excluding carboxylic acids is 1. The Kier molecular flexibility index (Phi) is 4.27. The van der Waals surface area contributed by atoms with Gasteiger partial charge in [-0.15, -0.1) is 0 Å². The molecular formula is C11H10ClFN2O. The lowest BCUT2D eigenvalue weighted by Gasteiger charge is -2.08. The van der Waals surface area contributed by atoms with Crippen LogP contribution in [-0.2, 0) is 0 Å². The molecule has 0 heterocycles. The largest absolute Gasteiger partial charge is 0.351 e. The van der Waals surface area contributed by atoms with E-state index in [4.69, 9.17) is 16.9 Å². The third-order valence-electron chi connectivity index (χ3n) is 1.98. The van der Waals surface area contributed by atoms with Crippen LogP contribution in [0.25, 0.3) is 0 Å². The van der Waals surface area contributed by atoms with Crippen molar-refractivity contribution in [1.29, 1.82) is 5.26 Å². The van der Waals surface area contributed by atoms with Crippen LogP contribution in [0.5, 0.6) is 0 Å². The van der Waals surface area contributed by atoms with Crippen molar-refractivity contribution >= 4 is 17.5 Å². The minimum Gasteiger partial charge on any atom is -0.351 e. The summed E-state index contributed by atoms with van der Waals surface area (Å²) in [5, 5.41) is 11.0. The Balaban J connectivity index is 2.78. The van der Waals surface area contributed by atoms with E-state index in [9.17, 15) is 9.18 Å². The summed E-state index contributed by atoms with van der Waals surface area (Å²) in [5.74, 6) is -1.60. The quantitative estimate of drug-likeness (QED) is 0.882. The number of hydrogen-bond donors (Lipinski definition) is 1. The molecule has 1 aromatic rings. The molecule has 1 aromatic carbocycles. The lowest BCUT2D eigenvalue weighted by atomic mass is 10.1. The molecule has 16 heavy (non-hydrogen) atoms. The van der Waals surface area contributed by atoms with Gasteiger partial charge in [0.25, 0.3) is 5.91 Å². The topological polar surface area (TPSA) is 52.9 Å². The molecule has 0 radical (unpaired) electrons. The molecule has 0 bridgehead atoms. The SMILES string of the molecule is CC(C#N)CNC(=O)c1c(F)cccc1Cl. The molecule has 0 saturated carbocycles. The first-order chi connectivity index (χ1) is 7.56. The molecule has 0 saturated heterocycles. The van der Waals surface area contributed by atoms with Crippen molar-refractivity contribution in [3.05, 3.63) is 34.6 Å². The molecule has 1 N–H and O–H groups in total. The van der Waals surface area contributed by atoms with Gasteiger partial charge in [0.2, 0.25) is 0 Å². The Bertz CT molecular complexity index is 422. The van der Waals surface area contributed by atoms with E-state index >= 15 is 0 Å². The first-order valence-corrected chi connectivity index (χ1v) is 5.06. The zero-order valence-corrected chi connectivity index (χ0v) is 9.38. The highest BCUT2D eigenvalue weighted by Crippen LogP contribution is 2.18. The van der Waals surface area contributed by atoms with Gasteiger partial charge in [0, 0.05) is 6.54 Å². The fourth-order valence-corrected chi connectivity index (χ4v) is 1.34. The number of carbonyl (C=O) groups is 1. The number of amides is 1. The van der Waals surface area contributed by atoms with E-state index in [1.807, 2.05) is 6.07 Å². The van der Waals surface area contributed by atoms with Crippen molar-refractivity contribution < 1.29 is 9.18 Å². The van der Waals surface area contributed by atoms with Gasteiger partial charge in [0.1, 0.15) is 5.82 Å². The number of hydrogen-bond acceptors (Lipinski definition) is 2. The number of nitrogens with one attached hydrogen (secondary N) is 1. The highest BCUT2D eigenvalue weighted by Gasteiger charge is 2.15. The predicted molar refractivity (Wildman–Crippen MR) is 58.5 cm³/mol. The zero-order chi connectivity index (χ0) is 12.1. The molecule has 0 aliphatic carbocycles. The monoisotopic (exact) mass is 240 g/mol. The van der Waals surface area contributed by atoms with Crippen LogP contribution in [0.1, 0.15) is 17.3 Å². The van der Waals surface area contributed by atoms with Gasteiger partial charge in [-0.1, -0.05) is 17.7 Å². The van der Waals surface area contributed by atoms with Crippen molar-refractivity contribution in [1.82, 2.24) is 5.32 Å². The summed E-state index contributed by atoms with van der Waals surface area (Å²) in [5.41, 5.74) is -0.186. The first kappa shape index (κ1) is 12.5. The number of rotatable bonds is 3. The summed E-state index contributed by atoms with van der Waals surface area (Å²) in [4.78, 5) is 11.6. The van der Waals surface area contributed by atoms with Gasteiger partial charge in [0.15, 0.2) is 0 Å². The molecule has 0 spiro atoms. The van der Waals surface area contributed by atoms with Gasteiger partial charge in [-0.3, -0.25) is 4.79 Å². The van der Waals surface area contributed by atoms with Crippen LogP contribution in [0.15, 0.2) is 18.2 Å². The number of nitrogens with zero attached hydrogens (tertiary/aromatic N) is 1. The Morgan fingerprint density at radius 3 is 2.94 bits per heavy atom. The summed E-state index contributed by atoms with van der Waals surface area (Å²) in [6, 6.07) is 5.98. The summed E-state index contributed by atoms with van der Waals surface area (Å²) in [6.07, 6.45) is 0. The average Bonchev–Trinajstić information content (AvgIpc) is 2.25. The fourth-order valence-electron chi connectivity index (χ4n) is 1.09. The van der Waals surface area contributed by atoms with Crippen LogP contribution in [0, 0.1) is 23.1 Å². The van der Waals surface area contributed by atoms with E-state index in [1.54, 1.807) is 6.92 Å². The Labute approximate surface area is 97.8 Å². The molecular weight excluding hydrogens is 231 g/mol. The van der Waals surface area contributed by atoms with Crippen molar-refractivity contribution in [2.45, 2.75) is 6.92 Å². The Morgan fingerprint density at radius 2 is 2.38 bits per heavy atom. The molecule has 84 valence electrons. The van der Waals surface area contributed by atoms with Gasteiger partial charge >= 0.3 is 0 Å². The number of benzene rings is 1. The molecule has 1 unspecified atom stereocenters. The summed E-state index contributed by atoms with van der Waals surface area (Å²) < 4.78 is 13.3. The van der Waals surface area contributed by atoms with Crippen molar-refractivity contribution in [3.63, 3.8) is 0 Å².